The zero-order chi connectivity index (χ0) is 14.7. The van der Waals surface area contributed by atoms with Crippen molar-refractivity contribution in [2.75, 3.05) is 5.43 Å². The van der Waals surface area contributed by atoms with Crippen molar-refractivity contribution < 1.29 is 0 Å². The lowest BCUT2D eigenvalue weighted by Crippen LogP contribution is -2.11. The average molecular weight is 271 g/mol. The Bertz CT molecular complexity index is 587. The highest BCUT2D eigenvalue weighted by Gasteiger charge is 2.09. The highest BCUT2D eigenvalue weighted by atomic mass is 15.3. The van der Waals surface area contributed by atoms with Crippen molar-refractivity contribution in [3.63, 3.8) is 0 Å². The summed E-state index contributed by atoms with van der Waals surface area (Å²) in [5.41, 5.74) is 6.49. The Labute approximate surface area is 119 Å². The van der Waals surface area contributed by atoms with Crippen molar-refractivity contribution in [3.8, 4) is 11.4 Å². The van der Waals surface area contributed by atoms with E-state index in [0.717, 1.165) is 29.1 Å². The smallest absolute Gasteiger partial charge is 0.161 e. The van der Waals surface area contributed by atoms with Crippen LogP contribution in [0, 0.1) is 19.8 Å². The number of nitrogens with one attached hydrogen (secondary N) is 1. The first-order valence-corrected chi connectivity index (χ1v) is 6.78. The molecule has 2 heterocycles. The summed E-state index contributed by atoms with van der Waals surface area (Å²) in [6.45, 7) is 8.27. The molecule has 0 saturated carbocycles. The summed E-state index contributed by atoms with van der Waals surface area (Å²) in [6.07, 6.45) is 0.896. The number of pyridine rings is 1. The molecule has 0 amide bonds. The number of nitrogen functional groups attached to an aromatic ring is 1. The fraction of sp³-hybridized carbons (Fsp3) is 0.400. The molecule has 0 bridgehead atoms. The lowest BCUT2D eigenvalue weighted by molar-refractivity contribution is 0.635. The number of hydrazine groups is 1. The van der Waals surface area contributed by atoms with Crippen molar-refractivity contribution in [2.24, 2.45) is 11.8 Å². The van der Waals surface area contributed by atoms with E-state index in [2.05, 4.69) is 34.2 Å². The normalized spacial score (nSPS) is 10.9. The van der Waals surface area contributed by atoms with Gasteiger partial charge in [-0.3, -0.25) is 4.98 Å². The van der Waals surface area contributed by atoms with Crippen LogP contribution in [0.3, 0.4) is 0 Å². The second kappa shape index (κ2) is 5.96. The van der Waals surface area contributed by atoms with E-state index in [1.807, 2.05) is 32.0 Å². The SMILES string of the molecule is Cc1cc(-c2nc(CC(C)C)cc(NN)n2)cc(C)n1. The molecule has 0 aromatic carbocycles. The first-order valence-electron chi connectivity index (χ1n) is 6.78. The molecule has 20 heavy (non-hydrogen) atoms. The molecular weight excluding hydrogens is 250 g/mol. The van der Waals surface area contributed by atoms with E-state index in [1.165, 1.54) is 0 Å². The van der Waals surface area contributed by atoms with Gasteiger partial charge in [0.05, 0.1) is 0 Å². The zero-order valence-corrected chi connectivity index (χ0v) is 12.4. The molecule has 3 N–H and O–H groups in total. The Morgan fingerprint density at radius 3 is 2.25 bits per heavy atom. The van der Waals surface area contributed by atoms with Crippen LogP contribution < -0.4 is 11.3 Å². The molecule has 5 nitrogen and oxygen atoms in total. The largest absolute Gasteiger partial charge is 0.308 e. The van der Waals surface area contributed by atoms with E-state index in [1.54, 1.807) is 0 Å². The minimum Gasteiger partial charge on any atom is -0.308 e. The van der Waals surface area contributed by atoms with Crippen molar-refractivity contribution in [2.45, 2.75) is 34.1 Å². The van der Waals surface area contributed by atoms with Crippen LogP contribution in [-0.2, 0) is 6.42 Å². The third-order valence-electron chi connectivity index (χ3n) is 2.88. The molecule has 0 spiro atoms. The fourth-order valence-corrected chi connectivity index (χ4v) is 2.19. The third-order valence-corrected chi connectivity index (χ3v) is 2.88. The van der Waals surface area contributed by atoms with Crippen LogP contribution in [0.1, 0.15) is 30.9 Å². The summed E-state index contributed by atoms with van der Waals surface area (Å²) < 4.78 is 0. The molecule has 0 unspecified atom stereocenters. The summed E-state index contributed by atoms with van der Waals surface area (Å²) in [5, 5.41) is 0. The van der Waals surface area contributed by atoms with Crippen LogP contribution in [0.5, 0.6) is 0 Å². The topological polar surface area (TPSA) is 76.7 Å². The van der Waals surface area contributed by atoms with Gasteiger partial charge >= 0.3 is 0 Å². The van der Waals surface area contributed by atoms with Gasteiger partial charge in [-0.2, -0.15) is 0 Å². The van der Waals surface area contributed by atoms with Gasteiger partial charge in [0.15, 0.2) is 5.82 Å². The molecule has 5 heteroatoms. The summed E-state index contributed by atoms with van der Waals surface area (Å²) in [7, 11) is 0. The number of aryl methyl sites for hydroxylation is 2. The van der Waals surface area contributed by atoms with Gasteiger partial charge in [-0.15, -0.1) is 0 Å². The molecule has 0 atom stereocenters. The predicted octanol–water partition coefficient (Wildman–Crippen LogP) is 2.64. The Hall–Kier alpha value is -2.01. The Morgan fingerprint density at radius 1 is 1.05 bits per heavy atom. The molecule has 0 aliphatic carbocycles. The maximum Gasteiger partial charge on any atom is 0.161 e. The van der Waals surface area contributed by atoms with Crippen molar-refractivity contribution >= 4 is 5.82 Å². The van der Waals surface area contributed by atoms with Gasteiger partial charge in [0.2, 0.25) is 0 Å². The quantitative estimate of drug-likeness (QED) is 0.660. The Morgan fingerprint density at radius 2 is 1.70 bits per heavy atom. The van der Waals surface area contributed by atoms with E-state index in [-0.39, 0.29) is 0 Å². The zero-order valence-electron chi connectivity index (χ0n) is 12.4. The monoisotopic (exact) mass is 271 g/mol. The average Bonchev–Trinajstić information content (AvgIpc) is 2.36. The first-order chi connectivity index (χ1) is 9.47. The minimum absolute atomic E-state index is 0.532. The summed E-state index contributed by atoms with van der Waals surface area (Å²) in [6, 6.07) is 5.87. The van der Waals surface area contributed by atoms with Gasteiger partial charge < -0.3 is 5.43 Å². The highest BCUT2D eigenvalue weighted by molar-refractivity contribution is 5.58. The van der Waals surface area contributed by atoms with Crippen LogP contribution in [-0.4, -0.2) is 15.0 Å². The van der Waals surface area contributed by atoms with E-state index in [4.69, 9.17) is 5.84 Å². The van der Waals surface area contributed by atoms with E-state index in [9.17, 15) is 0 Å². The number of hydrogen-bond donors (Lipinski definition) is 2. The van der Waals surface area contributed by atoms with Gasteiger partial charge in [0.1, 0.15) is 5.82 Å². The lowest BCUT2D eigenvalue weighted by atomic mass is 10.1. The number of rotatable bonds is 4. The number of aromatic nitrogens is 3. The Balaban J connectivity index is 2.49. The fourth-order valence-electron chi connectivity index (χ4n) is 2.19. The first kappa shape index (κ1) is 14.4. The van der Waals surface area contributed by atoms with E-state index < -0.39 is 0 Å². The van der Waals surface area contributed by atoms with Gasteiger partial charge in [0, 0.05) is 28.7 Å². The lowest BCUT2D eigenvalue weighted by Gasteiger charge is -2.10. The summed E-state index contributed by atoms with van der Waals surface area (Å²) >= 11 is 0. The van der Waals surface area contributed by atoms with Gasteiger partial charge in [-0.1, -0.05) is 13.8 Å². The van der Waals surface area contributed by atoms with Gasteiger partial charge in [-0.05, 0) is 38.3 Å². The number of nitrogens with two attached hydrogens (primary N) is 1. The second-order valence-corrected chi connectivity index (χ2v) is 5.45. The van der Waals surface area contributed by atoms with Crippen LogP contribution in [0.4, 0.5) is 5.82 Å². The summed E-state index contributed by atoms with van der Waals surface area (Å²) in [5.74, 6) is 7.36. The molecule has 0 aliphatic heterocycles. The third kappa shape index (κ3) is 3.51. The maximum atomic E-state index is 5.50. The molecule has 106 valence electrons. The summed E-state index contributed by atoms with van der Waals surface area (Å²) in [4.78, 5) is 13.5. The molecule has 0 fully saturated rings. The van der Waals surface area contributed by atoms with E-state index >= 15 is 0 Å². The predicted molar refractivity (Wildman–Crippen MR) is 81.1 cm³/mol. The number of nitrogens with zero attached hydrogens (tertiary/aromatic N) is 3. The second-order valence-electron chi connectivity index (χ2n) is 5.45. The number of hydrogen-bond acceptors (Lipinski definition) is 5. The standard InChI is InChI=1S/C15H21N5/c1-9(2)5-13-8-14(20-16)19-15(18-13)12-6-10(3)17-11(4)7-12/h6-9H,5,16H2,1-4H3,(H,18,19,20). The highest BCUT2D eigenvalue weighted by Crippen LogP contribution is 2.20. The molecular formula is C15H21N5. The molecule has 0 radical (unpaired) electrons. The van der Waals surface area contributed by atoms with Crippen molar-refractivity contribution in [1.29, 1.82) is 0 Å². The van der Waals surface area contributed by atoms with Crippen molar-refractivity contribution in [3.05, 3.63) is 35.3 Å². The number of anilines is 1. The molecule has 2 aromatic rings. The van der Waals surface area contributed by atoms with Gasteiger partial charge in [-0.25, -0.2) is 15.8 Å². The van der Waals surface area contributed by atoms with Crippen molar-refractivity contribution in [1.82, 2.24) is 15.0 Å². The molecule has 2 aromatic heterocycles. The van der Waals surface area contributed by atoms with Crippen LogP contribution in [0.25, 0.3) is 11.4 Å². The van der Waals surface area contributed by atoms with Crippen LogP contribution >= 0.6 is 0 Å². The Kier molecular flexibility index (Phi) is 4.29. The van der Waals surface area contributed by atoms with E-state index in [0.29, 0.717) is 17.6 Å². The molecule has 2 rings (SSSR count). The van der Waals surface area contributed by atoms with Crippen LogP contribution in [0.2, 0.25) is 0 Å². The molecule has 0 saturated heterocycles. The minimum atomic E-state index is 0.532. The van der Waals surface area contributed by atoms with Crippen LogP contribution in [0.15, 0.2) is 18.2 Å². The van der Waals surface area contributed by atoms with Gasteiger partial charge in [0.25, 0.3) is 0 Å². The maximum absolute atomic E-state index is 5.50. The molecule has 0 aliphatic rings.